The fourth-order valence-corrected chi connectivity index (χ4v) is 3.83. The highest BCUT2D eigenvalue weighted by Gasteiger charge is 2.28. The molecular weight excluding hydrogens is 354 g/mol. The van der Waals surface area contributed by atoms with Gasteiger partial charge in [-0.2, -0.15) is 0 Å². The Morgan fingerprint density at radius 3 is 2.85 bits per heavy atom. The number of amides is 1. The Morgan fingerprint density at radius 1 is 1.31 bits per heavy atom. The van der Waals surface area contributed by atoms with Gasteiger partial charge in [0.2, 0.25) is 0 Å². The number of fused-ring (bicyclic) bond motifs is 1. The first-order valence-electron chi connectivity index (χ1n) is 9.01. The maximum atomic E-state index is 12.3. The predicted molar refractivity (Wildman–Crippen MR) is 102 cm³/mol. The van der Waals surface area contributed by atoms with E-state index in [0.717, 1.165) is 23.8 Å². The third-order valence-corrected chi connectivity index (χ3v) is 5.71. The second-order valence-corrected chi connectivity index (χ2v) is 7.66. The van der Waals surface area contributed by atoms with Crippen LogP contribution in [0.4, 0.5) is 0 Å². The number of hydrogen-bond donors (Lipinski definition) is 1. The highest BCUT2D eigenvalue weighted by Crippen LogP contribution is 2.31. The largest absolute Gasteiger partial charge is 0.482 e. The van der Waals surface area contributed by atoms with Crippen LogP contribution in [-0.4, -0.2) is 18.6 Å². The second kappa shape index (κ2) is 7.70. The van der Waals surface area contributed by atoms with Crippen LogP contribution in [0.2, 0.25) is 5.02 Å². The Balaban J connectivity index is 1.68. The van der Waals surface area contributed by atoms with Crippen molar-refractivity contribution in [3.05, 3.63) is 39.2 Å². The van der Waals surface area contributed by atoms with Gasteiger partial charge in [0.1, 0.15) is 11.3 Å². The summed E-state index contributed by atoms with van der Waals surface area (Å²) in [5, 5.41) is 4.19. The molecule has 0 aliphatic heterocycles. The van der Waals surface area contributed by atoms with Gasteiger partial charge in [-0.1, -0.05) is 38.3 Å². The highest BCUT2D eigenvalue weighted by atomic mass is 35.5. The average Bonchev–Trinajstić information content (AvgIpc) is 2.58. The van der Waals surface area contributed by atoms with Crippen LogP contribution in [0.3, 0.4) is 0 Å². The molecule has 0 saturated heterocycles. The quantitative estimate of drug-likeness (QED) is 0.815. The number of hydrogen-bond acceptors (Lipinski definition) is 4. The molecule has 3 rings (SSSR count). The molecule has 1 aliphatic carbocycles. The summed E-state index contributed by atoms with van der Waals surface area (Å²) in [6.45, 7) is 6.10. The van der Waals surface area contributed by atoms with Crippen LogP contribution in [0.15, 0.2) is 27.4 Å². The second-order valence-electron chi connectivity index (χ2n) is 7.26. The molecule has 1 saturated carbocycles. The van der Waals surface area contributed by atoms with Crippen LogP contribution in [0.5, 0.6) is 5.75 Å². The van der Waals surface area contributed by atoms with Gasteiger partial charge in [0.15, 0.2) is 6.61 Å². The lowest BCUT2D eigenvalue weighted by molar-refractivity contribution is -0.124. The van der Waals surface area contributed by atoms with Crippen molar-refractivity contribution in [2.24, 2.45) is 11.8 Å². The van der Waals surface area contributed by atoms with E-state index >= 15 is 0 Å². The molecule has 3 atom stereocenters. The summed E-state index contributed by atoms with van der Waals surface area (Å²) < 4.78 is 10.8. The molecule has 1 heterocycles. The lowest BCUT2D eigenvalue weighted by Crippen LogP contribution is -2.45. The lowest BCUT2D eigenvalue weighted by Gasteiger charge is -2.34. The van der Waals surface area contributed by atoms with Crippen molar-refractivity contribution in [2.45, 2.75) is 46.1 Å². The van der Waals surface area contributed by atoms with E-state index in [2.05, 4.69) is 19.2 Å². The van der Waals surface area contributed by atoms with E-state index in [-0.39, 0.29) is 18.6 Å². The predicted octanol–water partition coefficient (Wildman–Crippen LogP) is 4.07. The van der Waals surface area contributed by atoms with Gasteiger partial charge in [0, 0.05) is 23.6 Å². The summed E-state index contributed by atoms with van der Waals surface area (Å²) in [6.07, 6.45) is 3.34. The van der Waals surface area contributed by atoms with E-state index in [1.807, 2.05) is 6.92 Å². The Hall–Kier alpha value is -2.01. The summed E-state index contributed by atoms with van der Waals surface area (Å²) >= 11 is 6.26. The van der Waals surface area contributed by atoms with Crippen molar-refractivity contribution in [1.82, 2.24) is 5.32 Å². The van der Waals surface area contributed by atoms with Gasteiger partial charge in [0.25, 0.3) is 5.91 Å². The summed E-state index contributed by atoms with van der Waals surface area (Å²) in [4.78, 5) is 23.8. The topological polar surface area (TPSA) is 68.5 Å². The molecule has 1 aromatic heterocycles. The summed E-state index contributed by atoms with van der Waals surface area (Å²) in [7, 11) is 0. The van der Waals surface area contributed by atoms with Crippen LogP contribution in [0.25, 0.3) is 11.0 Å². The number of carbonyl (C=O) groups excluding carboxylic acids is 1. The first kappa shape index (κ1) is 18.8. The van der Waals surface area contributed by atoms with Crippen molar-refractivity contribution < 1.29 is 13.9 Å². The minimum absolute atomic E-state index is 0.126. The number of nitrogens with one attached hydrogen (secondary N) is 1. The summed E-state index contributed by atoms with van der Waals surface area (Å²) in [6, 6.07) is 4.85. The highest BCUT2D eigenvalue weighted by molar-refractivity contribution is 6.32. The zero-order valence-electron chi connectivity index (χ0n) is 15.3. The minimum Gasteiger partial charge on any atom is -0.482 e. The van der Waals surface area contributed by atoms with Gasteiger partial charge < -0.3 is 14.5 Å². The Morgan fingerprint density at radius 2 is 2.08 bits per heavy atom. The molecular formula is C20H24ClNO4. The SMILES string of the molecule is Cc1cc(=O)oc2cc(OCC(=O)N[C@@H]3CCC[C@H](C)[C@@H]3C)c(Cl)cc12. The van der Waals surface area contributed by atoms with E-state index in [4.69, 9.17) is 20.8 Å². The third kappa shape index (κ3) is 4.04. The normalized spacial score (nSPS) is 23.0. The van der Waals surface area contributed by atoms with Gasteiger partial charge in [-0.25, -0.2) is 4.79 Å². The molecule has 0 radical (unpaired) electrons. The van der Waals surface area contributed by atoms with Crippen LogP contribution in [-0.2, 0) is 4.79 Å². The number of rotatable bonds is 4. The number of carbonyl (C=O) groups is 1. The Labute approximate surface area is 157 Å². The fraction of sp³-hybridized carbons (Fsp3) is 0.500. The zero-order valence-corrected chi connectivity index (χ0v) is 16.1. The minimum atomic E-state index is -0.429. The van der Waals surface area contributed by atoms with Crippen molar-refractivity contribution in [3.8, 4) is 5.75 Å². The van der Waals surface area contributed by atoms with Crippen molar-refractivity contribution in [2.75, 3.05) is 6.61 Å². The monoisotopic (exact) mass is 377 g/mol. The van der Waals surface area contributed by atoms with Crippen molar-refractivity contribution in [3.63, 3.8) is 0 Å². The van der Waals surface area contributed by atoms with Crippen LogP contribution in [0.1, 0.15) is 38.7 Å². The number of ether oxygens (including phenoxy) is 1. The summed E-state index contributed by atoms with van der Waals surface area (Å²) in [5.74, 6) is 1.22. The molecule has 0 spiro atoms. The molecule has 1 fully saturated rings. The smallest absolute Gasteiger partial charge is 0.336 e. The summed E-state index contributed by atoms with van der Waals surface area (Å²) in [5.41, 5.74) is 0.744. The van der Waals surface area contributed by atoms with Gasteiger partial charge >= 0.3 is 5.63 Å². The van der Waals surface area contributed by atoms with E-state index in [0.29, 0.717) is 28.2 Å². The molecule has 1 amide bonds. The van der Waals surface area contributed by atoms with Gasteiger partial charge in [-0.3, -0.25) is 4.79 Å². The van der Waals surface area contributed by atoms with Gasteiger partial charge in [-0.15, -0.1) is 0 Å². The molecule has 5 nitrogen and oxygen atoms in total. The number of aryl methyl sites for hydroxylation is 1. The molecule has 0 bridgehead atoms. The molecule has 6 heteroatoms. The van der Waals surface area contributed by atoms with E-state index in [1.165, 1.54) is 12.5 Å². The van der Waals surface area contributed by atoms with E-state index < -0.39 is 5.63 Å². The van der Waals surface area contributed by atoms with Gasteiger partial charge in [0.05, 0.1) is 5.02 Å². The van der Waals surface area contributed by atoms with Crippen LogP contribution in [0, 0.1) is 18.8 Å². The fourth-order valence-electron chi connectivity index (χ4n) is 3.61. The number of halogens is 1. The first-order chi connectivity index (χ1) is 12.3. The van der Waals surface area contributed by atoms with E-state index in [9.17, 15) is 9.59 Å². The molecule has 1 N–H and O–H groups in total. The first-order valence-corrected chi connectivity index (χ1v) is 9.39. The molecule has 0 unspecified atom stereocenters. The van der Waals surface area contributed by atoms with Gasteiger partial charge in [-0.05, 0) is 36.8 Å². The molecule has 26 heavy (non-hydrogen) atoms. The van der Waals surface area contributed by atoms with Crippen LogP contribution >= 0.6 is 11.6 Å². The van der Waals surface area contributed by atoms with Crippen molar-refractivity contribution in [1.29, 1.82) is 0 Å². The molecule has 140 valence electrons. The maximum Gasteiger partial charge on any atom is 0.336 e. The Bertz CT molecular complexity index is 876. The maximum absolute atomic E-state index is 12.3. The molecule has 1 aliphatic rings. The third-order valence-electron chi connectivity index (χ3n) is 5.42. The molecule has 2 aromatic rings. The Kier molecular flexibility index (Phi) is 5.56. The van der Waals surface area contributed by atoms with Crippen molar-refractivity contribution >= 4 is 28.5 Å². The number of benzene rings is 1. The zero-order chi connectivity index (χ0) is 18.8. The average molecular weight is 378 g/mol. The van der Waals surface area contributed by atoms with Crippen LogP contribution < -0.4 is 15.7 Å². The lowest BCUT2D eigenvalue weighted by atomic mass is 9.78. The molecule has 1 aromatic carbocycles. The van der Waals surface area contributed by atoms with E-state index in [1.54, 1.807) is 12.1 Å². The standard InChI is InChI=1S/C20H24ClNO4/c1-11-5-4-6-16(13(11)3)22-19(23)10-25-18-9-17-14(8-15(18)21)12(2)7-20(24)26-17/h7-9,11,13,16H,4-6,10H2,1-3H3,(H,22,23)/t11-,13-,16+/m0/s1.